The summed E-state index contributed by atoms with van der Waals surface area (Å²) in [4.78, 5) is 92.6. The lowest BCUT2D eigenvalue weighted by molar-refractivity contribution is -0.186. The van der Waals surface area contributed by atoms with Crippen LogP contribution in [0.5, 0.6) is 11.5 Å². The lowest BCUT2D eigenvalue weighted by Crippen LogP contribution is -2.77. The molecule has 2 aliphatic rings. The van der Waals surface area contributed by atoms with Crippen LogP contribution < -0.4 is 32.3 Å². The second kappa shape index (κ2) is 29.6. The number of phenols is 2. The number of phenolic OH excluding ortho intramolecular Hbond substituents is 2. The summed E-state index contributed by atoms with van der Waals surface area (Å²) in [7, 11) is 6.73. The van der Waals surface area contributed by atoms with Crippen LogP contribution in [0.25, 0.3) is 0 Å². The average Bonchev–Trinajstić information content (AvgIpc) is 1.53. The molecule has 7 rings (SSSR count). The molecule has 27 heteroatoms. The summed E-state index contributed by atoms with van der Waals surface area (Å²) in [5.74, 6) is -3.22. The van der Waals surface area contributed by atoms with Crippen molar-refractivity contribution in [1.29, 1.82) is 0 Å². The van der Waals surface area contributed by atoms with E-state index in [1.165, 1.54) is 98.0 Å². The molecular formula is C65H86N8O19. The van der Waals surface area contributed by atoms with Gasteiger partial charge in [-0.05, 0) is 108 Å². The maximum Gasteiger partial charge on any atom is 0.407 e. The van der Waals surface area contributed by atoms with Crippen LogP contribution in [-0.4, -0.2) is 216 Å². The maximum absolute atomic E-state index is 13.5. The number of urea groups is 2. The van der Waals surface area contributed by atoms with Gasteiger partial charge in [0.25, 0.3) is 0 Å². The van der Waals surface area contributed by atoms with Crippen LogP contribution in [-0.2, 0) is 20.8 Å². The number of esters is 2. The molecule has 12 atom stereocenters. The van der Waals surface area contributed by atoms with Gasteiger partial charge in [-0.2, -0.15) is 0 Å². The van der Waals surface area contributed by atoms with Crippen molar-refractivity contribution in [3.63, 3.8) is 0 Å². The van der Waals surface area contributed by atoms with Crippen molar-refractivity contribution in [2.45, 2.75) is 132 Å². The molecule has 2 aliphatic carbocycles. The predicted octanol–water partition coefficient (Wildman–Crippen LogP) is 3.09. The zero-order chi connectivity index (χ0) is 69.2. The monoisotopic (exact) mass is 1280 g/mol. The zero-order valence-corrected chi connectivity index (χ0v) is 53.6. The van der Waals surface area contributed by atoms with Gasteiger partial charge in [0.2, 0.25) is 0 Å². The molecule has 5 aromatic rings. The van der Waals surface area contributed by atoms with E-state index in [4.69, 9.17) is 25.1 Å². The number of amides is 5. The highest BCUT2D eigenvalue weighted by molar-refractivity contribution is 5.96. The summed E-state index contributed by atoms with van der Waals surface area (Å²) < 4.78 is 16.5. The van der Waals surface area contributed by atoms with Gasteiger partial charge in [0.15, 0.2) is 22.8 Å². The fourth-order valence-corrected chi connectivity index (χ4v) is 11.9. The van der Waals surface area contributed by atoms with E-state index in [9.17, 15) is 74.4 Å². The van der Waals surface area contributed by atoms with E-state index in [1.807, 2.05) is 0 Å². The second-order valence-electron chi connectivity index (χ2n) is 23.5. The highest BCUT2D eigenvalue weighted by Gasteiger charge is 2.78. The molecule has 5 amide bonds. The number of alkyl carbamates (subject to hydrolysis) is 1. The van der Waals surface area contributed by atoms with Gasteiger partial charge in [0, 0.05) is 57.8 Å². The van der Waals surface area contributed by atoms with Gasteiger partial charge in [-0.15, -0.1) is 0 Å². The number of benzene rings is 5. The zero-order valence-electron chi connectivity index (χ0n) is 53.6. The van der Waals surface area contributed by atoms with E-state index in [2.05, 4.69) is 26.6 Å². The number of nitrogens with zero attached hydrogens (tertiary/aromatic N) is 2. The predicted molar refractivity (Wildman–Crippen MR) is 338 cm³/mol. The molecule has 0 unspecified atom stereocenters. The van der Waals surface area contributed by atoms with Crippen molar-refractivity contribution in [1.82, 2.24) is 25.8 Å². The standard InChI is InChI=1S/C36H44N4O10.C28H38N4O8.CH4O/c1-21-12-10-17-27(43)28(21)31(44)50-20-35(48)29(37-26-16-11-15-25(18-26)22(2)41)30(38-33(46)49-19-24-13-8-7-9-14-24)36(23(3)42,34(35,4)47)39-32(45)40(5)6;1-15-9-7-12-20(35)21(15)24(36)40-14-27(39)23(30-19-11-8-10-18(13-19)16(2)33)22(29)28(17(3)34,26(27,4)38)31-25(37)32(5)6;1-2/h7-18,23,29-30,37,42-43,47-48H,19-20H2,1-6H3,(H,38,46)(H,39,45);7-13,17,22-23,30,34-35,38-39H,14,29H2,1-6H3,(H,31,37);2H,1H3/t23-,29-,30-,34-,35+,36-;17-,22-,23-,26-,27+,28-;/m00./s1. The third-order valence-corrected chi connectivity index (χ3v) is 17.2. The fourth-order valence-electron chi connectivity index (χ4n) is 11.9. The van der Waals surface area contributed by atoms with Crippen molar-refractivity contribution in [2.75, 3.05) is 59.1 Å². The van der Waals surface area contributed by atoms with Crippen molar-refractivity contribution in [3.8, 4) is 11.5 Å². The van der Waals surface area contributed by atoms with Crippen LogP contribution >= 0.6 is 0 Å². The summed E-state index contributed by atoms with van der Waals surface area (Å²) in [6, 6.07) is 22.7. The van der Waals surface area contributed by atoms with Gasteiger partial charge >= 0.3 is 30.1 Å². The first-order valence-corrected chi connectivity index (χ1v) is 29.1. The number of aliphatic hydroxyl groups is 7. The summed E-state index contributed by atoms with van der Waals surface area (Å²) >= 11 is 0. The molecule has 2 fully saturated rings. The van der Waals surface area contributed by atoms with E-state index in [0.29, 0.717) is 33.5 Å². The molecule has 92 heavy (non-hydrogen) atoms. The number of nitrogens with two attached hydrogens (primary N) is 1. The summed E-state index contributed by atoms with van der Waals surface area (Å²) in [5.41, 5.74) is -5.44. The molecule has 0 aromatic heterocycles. The minimum Gasteiger partial charge on any atom is -0.507 e. The minimum absolute atomic E-state index is 0.130. The van der Waals surface area contributed by atoms with Gasteiger partial charge in [-0.3, -0.25) is 9.59 Å². The Labute approximate surface area is 533 Å². The van der Waals surface area contributed by atoms with Crippen LogP contribution in [0.4, 0.5) is 25.8 Å². The maximum atomic E-state index is 13.5. The SMILES string of the molecule is CC(=O)c1cccc(N[C@H]2[C@H](N)[C@@](NC(=O)N(C)C)([C@H](C)O)[C@@](C)(O)[C@@]2(O)COC(=O)c2c(C)cccc2O)c1.CC(=O)c1cccc(N[C@H]2[C@H](NC(=O)OCc3ccccc3)[C@@](NC(=O)N(C)C)([C@H](C)O)[C@@](C)(O)[C@@]2(O)COC(=O)c2c(C)cccc2O)c1.CO. The molecule has 0 aliphatic heterocycles. The summed E-state index contributed by atoms with van der Waals surface area (Å²) in [5, 5.41) is 114. The van der Waals surface area contributed by atoms with E-state index < -0.39 is 113 Å². The van der Waals surface area contributed by atoms with E-state index in [1.54, 1.807) is 98.8 Å². The Hall–Kier alpha value is -8.93. The largest absolute Gasteiger partial charge is 0.507 e. The van der Waals surface area contributed by atoms with Crippen LogP contribution in [0.2, 0.25) is 0 Å². The summed E-state index contributed by atoms with van der Waals surface area (Å²) in [6.45, 7) is 8.79. The van der Waals surface area contributed by atoms with Crippen LogP contribution in [0.3, 0.4) is 0 Å². The van der Waals surface area contributed by atoms with E-state index in [-0.39, 0.29) is 46.5 Å². The Morgan fingerprint density at radius 2 is 0.946 bits per heavy atom. The van der Waals surface area contributed by atoms with Crippen LogP contribution in [0, 0.1) is 13.8 Å². The van der Waals surface area contributed by atoms with Crippen molar-refractivity contribution in [3.05, 3.63) is 154 Å². The molecule has 500 valence electrons. The molecule has 0 saturated heterocycles. The topological polar surface area (TPSA) is 422 Å². The quantitative estimate of drug-likeness (QED) is 0.0321. The lowest BCUT2D eigenvalue weighted by atomic mass is 9.73. The van der Waals surface area contributed by atoms with Gasteiger partial charge in [-0.1, -0.05) is 78.9 Å². The number of aryl methyl sites for hydroxylation is 2. The molecule has 0 bridgehead atoms. The number of ketones is 2. The van der Waals surface area contributed by atoms with E-state index >= 15 is 0 Å². The van der Waals surface area contributed by atoms with Crippen molar-refractivity contribution in [2.24, 2.45) is 5.73 Å². The number of aromatic hydroxyl groups is 2. The molecule has 16 N–H and O–H groups in total. The lowest BCUT2D eigenvalue weighted by Gasteiger charge is -2.49. The molecule has 0 radical (unpaired) electrons. The number of aliphatic hydroxyl groups excluding tert-OH is 3. The minimum atomic E-state index is -2.62. The Kier molecular flexibility index (Phi) is 23.7. The van der Waals surface area contributed by atoms with Crippen LogP contribution in [0.15, 0.2) is 115 Å². The van der Waals surface area contributed by atoms with Crippen molar-refractivity contribution < 1.29 is 93.7 Å². The number of nitrogens with one attached hydrogen (secondary N) is 5. The first-order valence-electron chi connectivity index (χ1n) is 29.1. The summed E-state index contributed by atoms with van der Waals surface area (Å²) in [6.07, 6.45) is -4.24. The molecule has 5 aromatic carbocycles. The number of rotatable bonds is 19. The molecule has 27 nitrogen and oxygen atoms in total. The first kappa shape index (κ1) is 73.8. The number of ether oxygens (including phenoxy) is 3. The molecule has 0 spiro atoms. The number of carbonyl (C=O) groups excluding carboxylic acids is 7. The number of Topliss-reactive ketones (excluding diaryl/α,β-unsaturated/α-hetero) is 2. The van der Waals surface area contributed by atoms with Crippen molar-refractivity contribution >= 4 is 53.0 Å². The van der Waals surface area contributed by atoms with E-state index in [0.717, 1.165) is 18.9 Å². The highest BCUT2D eigenvalue weighted by atomic mass is 16.6. The number of anilines is 2. The van der Waals surface area contributed by atoms with Crippen LogP contribution in [0.1, 0.15) is 99.7 Å². The van der Waals surface area contributed by atoms with Gasteiger partial charge in [0.05, 0.1) is 36.4 Å². The molecule has 2 saturated carbocycles. The smallest absolute Gasteiger partial charge is 0.407 e. The molecule has 0 heterocycles. The number of hydrogen-bond acceptors (Lipinski definition) is 22. The number of hydrogen-bond donors (Lipinski definition) is 15. The third kappa shape index (κ3) is 14.4. The molecular weight excluding hydrogens is 1200 g/mol. The Morgan fingerprint density at radius 1 is 0.554 bits per heavy atom. The highest BCUT2D eigenvalue weighted by Crippen LogP contribution is 2.52. The number of carbonyl (C=O) groups is 7. The Bertz CT molecular complexity index is 3430. The van der Waals surface area contributed by atoms with Gasteiger partial charge in [-0.25, -0.2) is 24.0 Å². The average molecular weight is 1280 g/mol. The van der Waals surface area contributed by atoms with Gasteiger partial charge < -0.3 is 102 Å². The normalized spacial score (nSPS) is 25.9. The first-order chi connectivity index (χ1) is 43.0. The van der Waals surface area contributed by atoms with Gasteiger partial charge in [0.1, 0.15) is 64.7 Å². The Morgan fingerprint density at radius 3 is 1.35 bits per heavy atom. The third-order valence-electron chi connectivity index (χ3n) is 17.2. The second-order valence-corrected chi connectivity index (χ2v) is 23.5. The fraction of sp³-hybridized carbons (Fsp3) is 0.431. The Balaban J connectivity index is 0.000000333.